The molecule has 1 aromatic rings. The first-order chi connectivity index (χ1) is 9.27. The molecule has 2 heterocycles. The van der Waals surface area contributed by atoms with E-state index >= 15 is 0 Å². The molecule has 0 amide bonds. The largest absolute Gasteiger partial charge is 0.360 e. The first-order valence-corrected chi connectivity index (χ1v) is 6.99. The smallest absolute Gasteiger partial charge is 0.225 e. The Kier molecular flexibility index (Phi) is 4.13. The van der Waals surface area contributed by atoms with E-state index in [0.717, 1.165) is 19.5 Å². The summed E-state index contributed by atoms with van der Waals surface area (Å²) in [5.74, 6) is 0.410. The molecule has 1 aromatic heterocycles. The molecule has 1 fully saturated rings. The summed E-state index contributed by atoms with van der Waals surface area (Å²) in [4.78, 5) is 12.3. The molecule has 0 saturated carbocycles. The van der Waals surface area contributed by atoms with Crippen molar-refractivity contribution in [2.75, 3.05) is 37.4 Å². The average Bonchev–Trinajstić information content (AvgIpc) is 2.79. The van der Waals surface area contributed by atoms with Gasteiger partial charge in [0, 0.05) is 38.8 Å². The van der Waals surface area contributed by atoms with Crippen molar-refractivity contribution in [2.45, 2.75) is 38.8 Å². The van der Waals surface area contributed by atoms with Gasteiger partial charge >= 0.3 is 0 Å². The Morgan fingerprint density at radius 1 is 1.40 bits per heavy atom. The van der Waals surface area contributed by atoms with E-state index in [2.05, 4.69) is 41.0 Å². The number of likely N-dealkylation sites (tertiary alicyclic amines) is 1. The maximum atomic E-state index is 13.5. The molecule has 2 rings (SSSR count). The summed E-state index contributed by atoms with van der Waals surface area (Å²) in [6, 6.07) is 0.315. The van der Waals surface area contributed by atoms with Crippen LogP contribution in [0.3, 0.4) is 0 Å². The molecule has 1 aliphatic heterocycles. The monoisotopic (exact) mass is 281 g/mol. The summed E-state index contributed by atoms with van der Waals surface area (Å²) in [6.07, 6.45) is 2.27. The molecule has 1 saturated heterocycles. The Morgan fingerprint density at radius 2 is 2.10 bits per heavy atom. The first kappa shape index (κ1) is 15.0. The highest BCUT2D eigenvalue weighted by atomic mass is 19.1. The third-order valence-electron chi connectivity index (χ3n) is 3.62. The number of aromatic nitrogens is 2. The number of anilines is 2. The summed E-state index contributed by atoms with van der Waals surface area (Å²) in [5.41, 5.74) is 0.175. The number of nitrogens with one attached hydrogen (secondary N) is 1. The quantitative estimate of drug-likeness (QED) is 0.917. The second-order valence-corrected chi connectivity index (χ2v) is 6.51. The van der Waals surface area contributed by atoms with Crippen LogP contribution in [0, 0.1) is 5.82 Å². The van der Waals surface area contributed by atoms with Crippen molar-refractivity contribution >= 4 is 11.8 Å². The predicted octanol–water partition coefficient (Wildman–Crippen LogP) is 1.97. The van der Waals surface area contributed by atoms with Gasteiger partial charge in [0.05, 0.1) is 6.20 Å². The van der Waals surface area contributed by atoms with E-state index in [1.165, 1.54) is 6.20 Å². The van der Waals surface area contributed by atoms with Gasteiger partial charge in [-0.05, 0) is 27.2 Å². The van der Waals surface area contributed by atoms with Crippen molar-refractivity contribution in [1.29, 1.82) is 0 Å². The minimum Gasteiger partial charge on any atom is -0.360 e. The molecular weight excluding hydrogens is 257 g/mol. The molecule has 0 aliphatic carbocycles. The van der Waals surface area contributed by atoms with Gasteiger partial charge in [-0.1, -0.05) is 0 Å². The van der Waals surface area contributed by atoms with Gasteiger partial charge in [-0.3, -0.25) is 4.90 Å². The van der Waals surface area contributed by atoms with Crippen molar-refractivity contribution in [3.05, 3.63) is 12.0 Å². The van der Waals surface area contributed by atoms with Gasteiger partial charge in [0.15, 0.2) is 11.6 Å². The molecule has 112 valence electrons. The molecule has 1 atom stereocenters. The molecule has 0 aromatic carbocycles. The van der Waals surface area contributed by atoms with Gasteiger partial charge in [-0.2, -0.15) is 4.98 Å². The lowest BCUT2D eigenvalue weighted by atomic mass is 10.1. The fraction of sp³-hybridized carbons (Fsp3) is 0.714. The van der Waals surface area contributed by atoms with Crippen LogP contribution >= 0.6 is 0 Å². The number of hydrogen-bond donors (Lipinski definition) is 1. The summed E-state index contributed by atoms with van der Waals surface area (Å²) in [5, 5.41) is 3.31. The van der Waals surface area contributed by atoms with Gasteiger partial charge < -0.3 is 10.2 Å². The van der Waals surface area contributed by atoms with Crippen molar-refractivity contribution in [1.82, 2.24) is 14.9 Å². The second kappa shape index (κ2) is 5.52. The maximum absolute atomic E-state index is 13.5. The van der Waals surface area contributed by atoms with Crippen LogP contribution in [0.25, 0.3) is 0 Å². The number of rotatable bonds is 3. The highest BCUT2D eigenvalue weighted by molar-refractivity contribution is 5.42. The van der Waals surface area contributed by atoms with E-state index in [-0.39, 0.29) is 5.54 Å². The van der Waals surface area contributed by atoms with Gasteiger partial charge in [0.25, 0.3) is 0 Å². The van der Waals surface area contributed by atoms with Crippen LogP contribution < -0.4 is 10.2 Å². The molecule has 0 radical (unpaired) electrons. The number of hydrogen-bond acceptors (Lipinski definition) is 5. The van der Waals surface area contributed by atoms with Crippen molar-refractivity contribution in [3.8, 4) is 0 Å². The van der Waals surface area contributed by atoms with Crippen molar-refractivity contribution in [2.24, 2.45) is 0 Å². The van der Waals surface area contributed by atoms with E-state index < -0.39 is 5.82 Å². The first-order valence-electron chi connectivity index (χ1n) is 6.99. The van der Waals surface area contributed by atoms with E-state index in [1.807, 2.05) is 0 Å². The topological polar surface area (TPSA) is 44.3 Å². The fourth-order valence-electron chi connectivity index (χ4n) is 2.41. The molecule has 6 heteroatoms. The Labute approximate surface area is 120 Å². The van der Waals surface area contributed by atoms with E-state index in [4.69, 9.17) is 0 Å². The third kappa shape index (κ3) is 3.36. The minimum atomic E-state index is -0.400. The zero-order valence-corrected chi connectivity index (χ0v) is 12.9. The van der Waals surface area contributed by atoms with Gasteiger partial charge in [0.1, 0.15) is 0 Å². The fourth-order valence-corrected chi connectivity index (χ4v) is 2.41. The van der Waals surface area contributed by atoms with Gasteiger partial charge in [-0.15, -0.1) is 0 Å². The Bertz CT molecular complexity index is 469. The zero-order valence-electron chi connectivity index (χ0n) is 12.9. The Hall–Kier alpha value is -1.43. The highest BCUT2D eigenvalue weighted by Crippen LogP contribution is 2.22. The maximum Gasteiger partial charge on any atom is 0.225 e. The Morgan fingerprint density at radius 3 is 2.65 bits per heavy atom. The van der Waals surface area contributed by atoms with Crippen LogP contribution in [0.2, 0.25) is 0 Å². The molecule has 5 nitrogen and oxygen atoms in total. The predicted molar refractivity (Wildman–Crippen MR) is 79.7 cm³/mol. The lowest BCUT2D eigenvalue weighted by Gasteiger charge is -2.31. The molecule has 0 spiro atoms. The molecule has 0 bridgehead atoms. The molecule has 1 N–H and O–H groups in total. The minimum absolute atomic E-state index is 0.175. The van der Waals surface area contributed by atoms with E-state index in [0.29, 0.717) is 17.8 Å². The second-order valence-electron chi connectivity index (χ2n) is 6.51. The van der Waals surface area contributed by atoms with Crippen molar-refractivity contribution in [3.63, 3.8) is 0 Å². The highest BCUT2D eigenvalue weighted by Gasteiger charge is 2.30. The van der Waals surface area contributed by atoms with Crippen molar-refractivity contribution < 1.29 is 4.39 Å². The summed E-state index contributed by atoms with van der Waals surface area (Å²) >= 11 is 0. The van der Waals surface area contributed by atoms with Crippen LogP contribution in [0.1, 0.15) is 27.2 Å². The third-order valence-corrected chi connectivity index (χ3v) is 3.62. The van der Waals surface area contributed by atoms with Gasteiger partial charge in [0.2, 0.25) is 5.95 Å². The number of halogens is 1. The lowest BCUT2D eigenvalue weighted by molar-refractivity contribution is 0.174. The number of nitrogens with zero attached hydrogens (tertiary/aromatic N) is 4. The van der Waals surface area contributed by atoms with Crippen LogP contribution in [0.15, 0.2) is 6.20 Å². The molecule has 1 aliphatic rings. The van der Waals surface area contributed by atoms with Crippen LogP contribution in [-0.4, -0.2) is 53.6 Å². The Balaban J connectivity index is 2.03. The van der Waals surface area contributed by atoms with E-state index in [9.17, 15) is 4.39 Å². The normalized spacial score (nSPS) is 20.2. The average molecular weight is 281 g/mol. The summed E-state index contributed by atoms with van der Waals surface area (Å²) < 4.78 is 13.5. The van der Waals surface area contributed by atoms with E-state index in [1.54, 1.807) is 19.0 Å². The van der Waals surface area contributed by atoms with Gasteiger partial charge in [-0.25, -0.2) is 9.37 Å². The SMILES string of the molecule is CN(C)c1nc(NC2CCN(C(C)(C)C)C2)ncc1F. The summed E-state index contributed by atoms with van der Waals surface area (Å²) in [6.45, 7) is 8.67. The van der Waals surface area contributed by atoms with Crippen LogP contribution in [0.4, 0.5) is 16.2 Å². The van der Waals surface area contributed by atoms with Crippen LogP contribution in [0.5, 0.6) is 0 Å². The molecule has 1 unspecified atom stereocenters. The molecule has 20 heavy (non-hydrogen) atoms. The van der Waals surface area contributed by atoms with Crippen LogP contribution in [-0.2, 0) is 0 Å². The zero-order chi connectivity index (χ0) is 14.9. The standard InChI is InChI=1S/C14H24FN5/c1-14(2,3)20-7-6-10(9-20)17-13-16-8-11(15)12(18-13)19(4)5/h8,10H,6-7,9H2,1-5H3,(H,16,17,18). The molecular formula is C14H24FN5. The lowest BCUT2D eigenvalue weighted by Crippen LogP contribution is -2.40. The summed E-state index contributed by atoms with van der Waals surface area (Å²) in [7, 11) is 3.54.